The Hall–Kier alpha value is -3.48. The molecule has 0 spiro atoms. The van der Waals surface area contributed by atoms with Gasteiger partial charge in [0, 0.05) is 22.4 Å². The second-order valence-electron chi connectivity index (χ2n) is 6.52. The molecule has 0 aliphatic rings. The maximum absolute atomic E-state index is 12.3. The first-order chi connectivity index (χ1) is 13.7. The van der Waals surface area contributed by atoms with Gasteiger partial charge in [0.05, 0.1) is 13.5 Å². The van der Waals surface area contributed by atoms with Gasteiger partial charge >= 0.3 is 5.97 Å². The fourth-order valence-electron chi connectivity index (χ4n) is 2.64. The molecular formula is C22H23NO6. The Balaban J connectivity index is 2.02. The average Bonchev–Trinajstić information content (AvgIpc) is 2.67. The van der Waals surface area contributed by atoms with E-state index in [1.807, 2.05) is 0 Å². The highest BCUT2D eigenvalue weighted by Crippen LogP contribution is 2.21. The summed E-state index contributed by atoms with van der Waals surface area (Å²) in [6.07, 6.45) is -1.20. The third-order valence-corrected chi connectivity index (χ3v) is 4.24. The minimum Gasteiger partial charge on any atom is -0.496 e. The zero-order valence-corrected chi connectivity index (χ0v) is 16.8. The first-order valence-corrected chi connectivity index (χ1v) is 9.00. The molecule has 7 heteroatoms. The van der Waals surface area contributed by atoms with E-state index in [9.17, 15) is 19.2 Å². The summed E-state index contributed by atoms with van der Waals surface area (Å²) < 4.78 is 10.4. The van der Waals surface area contributed by atoms with Gasteiger partial charge in [-0.2, -0.15) is 0 Å². The highest BCUT2D eigenvalue weighted by atomic mass is 16.5. The number of rotatable bonds is 8. The van der Waals surface area contributed by atoms with Gasteiger partial charge in [0.2, 0.25) is 0 Å². The van der Waals surface area contributed by atoms with Crippen molar-refractivity contribution in [1.29, 1.82) is 0 Å². The van der Waals surface area contributed by atoms with Crippen molar-refractivity contribution in [2.75, 3.05) is 12.4 Å². The summed E-state index contributed by atoms with van der Waals surface area (Å²) in [5.74, 6) is -0.970. The van der Waals surface area contributed by atoms with Crippen LogP contribution in [0.3, 0.4) is 0 Å². The second kappa shape index (κ2) is 9.64. The maximum Gasteiger partial charge on any atom is 0.311 e. The number of carbonyl (C=O) groups is 4. The standard InChI is InChI=1S/C22H23NO6/c1-13(24)16-6-5-7-19(11-16)23-22(27)15(3)29-21(26)12-18-10-17(14(2)25)8-9-20(18)28-4/h5-11,15H,12H2,1-4H3,(H,23,27)/t15-/m0/s1. The molecule has 152 valence electrons. The van der Waals surface area contributed by atoms with E-state index in [1.165, 1.54) is 27.9 Å². The molecule has 0 bridgehead atoms. The average molecular weight is 397 g/mol. The van der Waals surface area contributed by atoms with Crippen molar-refractivity contribution in [3.05, 3.63) is 59.2 Å². The molecule has 2 rings (SSSR count). The summed E-state index contributed by atoms with van der Waals surface area (Å²) >= 11 is 0. The van der Waals surface area contributed by atoms with E-state index >= 15 is 0 Å². The van der Waals surface area contributed by atoms with Crippen molar-refractivity contribution < 1.29 is 28.7 Å². The van der Waals surface area contributed by atoms with E-state index in [1.54, 1.807) is 42.5 Å². The molecule has 0 aliphatic carbocycles. The minimum atomic E-state index is -1.05. The van der Waals surface area contributed by atoms with Gasteiger partial charge in [-0.15, -0.1) is 0 Å². The number of hydrogen-bond acceptors (Lipinski definition) is 6. The summed E-state index contributed by atoms with van der Waals surface area (Å²) in [4.78, 5) is 47.6. The molecule has 0 saturated carbocycles. The number of ether oxygens (including phenoxy) is 2. The quantitative estimate of drug-likeness (QED) is 0.542. The number of ketones is 2. The molecule has 0 saturated heterocycles. The summed E-state index contributed by atoms with van der Waals surface area (Å²) in [6, 6.07) is 11.3. The molecule has 1 amide bonds. The van der Waals surface area contributed by atoms with E-state index in [-0.39, 0.29) is 18.0 Å². The van der Waals surface area contributed by atoms with Crippen molar-refractivity contribution in [2.24, 2.45) is 0 Å². The Bertz CT molecular complexity index is 950. The normalized spacial score (nSPS) is 11.3. The van der Waals surface area contributed by atoms with Gasteiger partial charge in [0.25, 0.3) is 5.91 Å². The van der Waals surface area contributed by atoms with Gasteiger partial charge in [-0.05, 0) is 51.1 Å². The SMILES string of the molecule is COc1ccc(C(C)=O)cc1CC(=O)O[C@@H](C)C(=O)Nc1cccc(C(C)=O)c1. The van der Waals surface area contributed by atoms with Crippen molar-refractivity contribution >= 4 is 29.1 Å². The molecule has 0 radical (unpaired) electrons. The molecule has 2 aromatic carbocycles. The van der Waals surface area contributed by atoms with Crippen LogP contribution < -0.4 is 10.1 Å². The number of nitrogens with one attached hydrogen (secondary N) is 1. The van der Waals surface area contributed by atoms with Gasteiger partial charge < -0.3 is 14.8 Å². The molecule has 29 heavy (non-hydrogen) atoms. The van der Waals surface area contributed by atoms with Crippen LogP contribution in [0.15, 0.2) is 42.5 Å². The van der Waals surface area contributed by atoms with Crippen LogP contribution in [0, 0.1) is 0 Å². The second-order valence-corrected chi connectivity index (χ2v) is 6.52. The van der Waals surface area contributed by atoms with Crippen LogP contribution in [0.1, 0.15) is 47.1 Å². The topological polar surface area (TPSA) is 98.8 Å². The lowest BCUT2D eigenvalue weighted by Crippen LogP contribution is -2.30. The summed E-state index contributed by atoms with van der Waals surface area (Å²) in [5, 5.41) is 2.62. The lowest BCUT2D eigenvalue weighted by Gasteiger charge is -2.15. The molecule has 1 N–H and O–H groups in total. The van der Waals surface area contributed by atoms with Gasteiger partial charge in [-0.3, -0.25) is 19.2 Å². The monoisotopic (exact) mass is 397 g/mol. The minimum absolute atomic E-state index is 0.123. The first kappa shape index (κ1) is 21.8. The molecule has 0 aliphatic heterocycles. The van der Waals surface area contributed by atoms with Crippen LogP contribution in [0.25, 0.3) is 0 Å². The summed E-state index contributed by atoms with van der Waals surface area (Å²) in [7, 11) is 1.46. The number of Topliss-reactive ketones (excluding diaryl/α,β-unsaturated/α-hetero) is 2. The molecular weight excluding hydrogens is 374 g/mol. The Labute approximate surface area is 169 Å². The maximum atomic E-state index is 12.3. The van der Waals surface area contributed by atoms with E-state index in [4.69, 9.17) is 9.47 Å². The number of hydrogen-bond donors (Lipinski definition) is 1. The lowest BCUT2D eigenvalue weighted by atomic mass is 10.0. The summed E-state index contributed by atoms with van der Waals surface area (Å²) in [5.41, 5.74) is 1.84. The van der Waals surface area contributed by atoms with Crippen molar-refractivity contribution in [3.8, 4) is 5.75 Å². The number of methoxy groups -OCH3 is 1. The lowest BCUT2D eigenvalue weighted by molar-refractivity contribution is -0.152. The molecule has 0 aromatic heterocycles. The van der Waals surface area contributed by atoms with E-state index < -0.39 is 18.0 Å². The first-order valence-electron chi connectivity index (χ1n) is 9.00. The molecule has 2 aromatic rings. The van der Waals surface area contributed by atoms with Gasteiger partial charge in [0.15, 0.2) is 17.7 Å². The third-order valence-electron chi connectivity index (χ3n) is 4.24. The fraction of sp³-hybridized carbons (Fsp3) is 0.273. The number of esters is 1. The fourth-order valence-corrected chi connectivity index (χ4v) is 2.64. The molecule has 0 fully saturated rings. The third kappa shape index (κ3) is 6.00. The van der Waals surface area contributed by atoms with Crippen LogP contribution in [-0.4, -0.2) is 36.7 Å². The molecule has 0 unspecified atom stereocenters. The van der Waals surface area contributed by atoms with Gasteiger partial charge in [-0.25, -0.2) is 0 Å². The van der Waals surface area contributed by atoms with Crippen LogP contribution >= 0.6 is 0 Å². The van der Waals surface area contributed by atoms with Crippen molar-refractivity contribution in [2.45, 2.75) is 33.3 Å². The van der Waals surface area contributed by atoms with Crippen molar-refractivity contribution in [1.82, 2.24) is 0 Å². The molecule has 1 atom stereocenters. The van der Waals surface area contributed by atoms with Gasteiger partial charge in [0.1, 0.15) is 5.75 Å². The predicted octanol–water partition coefficient (Wildman–Crippen LogP) is 3.21. The van der Waals surface area contributed by atoms with Crippen LogP contribution in [0.4, 0.5) is 5.69 Å². The van der Waals surface area contributed by atoms with Crippen LogP contribution in [0.5, 0.6) is 5.75 Å². The number of benzene rings is 2. The number of carbonyl (C=O) groups excluding carboxylic acids is 4. The molecule has 0 heterocycles. The predicted molar refractivity (Wildman–Crippen MR) is 107 cm³/mol. The largest absolute Gasteiger partial charge is 0.496 e. The van der Waals surface area contributed by atoms with Crippen LogP contribution in [0.2, 0.25) is 0 Å². The number of anilines is 1. The Morgan fingerprint density at radius 3 is 2.24 bits per heavy atom. The number of amides is 1. The highest BCUT2D eigenvalue weighted by Gasteiger charge is 2.20. The zero-order chi connectivity index (χ0) is 21.6. The Morgan fingerprint density at radius 1 is 0.966 bits per heavy atom. The highest BCUT2D eigenvalue weighted by molar-refractivity contribution is 5.98. The van der Waals surface area contributed by atoms with Gasteiger partial charge in [-0.1, -0.05) is 12.1 Å². The van der Waals surface area contributed by atoms with E-state index in [2.05, 4.69) is 5.32 Å². The van der Waals surface area contributed by atoms with Crippen molar-refractivity contribution in [3.63, 3.8) is 0 Å². The smallest absolute Gasteiger partial charge is 0.311 e. The van der Waals surface area contributed by atoms with Crippen LogP contribution in [-0.2, 0) is 20.7 Å². The molecule has 7 nitrogen and oxygen atoms in total. The Kier molecular flexibility index (Phi) is 7.25. The summed E-state index contributed by atoms with van der Waals surface area (Å²) in [6.45, 7) is 4.31. The Morgan fingerprint density at radius 2 is 1.62 bits per heavy atom. The van der Waals surface area contributed by atoms with E-state index in [0.29, 0.717) is 28.1 Å². The van der Waals surface area contributed by atoms with E-state index in [0.717, 1.165) is 0 Å². The zero-order valence-electron chi connectivity index (χ0n) is 16.8.